The zero-order chi connectivity index (χ0) is 16.2. The highest BCUT2D eigenvalue weighted by atomic mass is 16.5. The average molecular weight is 307 g/mol. The molecule has 1 aliphatic rings. The van der Waals surface area contributed by atoms with Gasteiger partial charge in [-0.1, -0.05) is 32.0 Å². The predicted molar refractivity (Wildman–Crippen MR) is 83.8 cm³/mol. The van der Waals surface area contributed by atoms with Gasteiger partial charge in [0.15, 0.2) is 0 Å². The van der Waals surface area contributed by atoms with E-state index in [0.29, 0.717) is 26.2 Å². The zero-order valence-corrected chi connectivity index (χ0v) is 13.5. The van der Waals surface area contributed by atoms with Gasteiger partial charge in [-0.05, 0) is 11.5 Å². The smallest absolute Gasteiger partial charge is 0.223 e. The number of carbonyl (C=O) groups is 1. The standard InChI is InChI=1S/C17H25NO4/c1-17(2,12-21-3)10-16(20)18-8-9-22-15-7-5-4-6-13(15)14(18)11-19/h4-7,14,19H,8-12H2,1-3H3. The van der Waals surface area contributed by atoms with Crippen LogP contribution in [0.15, 0.2) is 24.3 Å². The fourth-order valence-corrected chi connectivity index (χ4v) is 2.91. The number of rotatable bonds is 5. The van der Waals surface area contributed by atoms with Gasteiger partial charge in [-0.15, -0.1) is 0 Å². The maximum atomic E-state index is 12.7. The number of benzene rings is 1. The molecule has 1 N–H and O–H groups in total. The summed E-state index contributed by atoms with van der Waals surface area (Å²) in [5, 5.41) is 9.81. The van der Waals surface area contributed by atoms with Crippen LogP contribution in [0.25, 0.3) is 0 Å². The minimum absolute atomic E-state index is 0.0152. The third kappa shape index (κ3) is 3.78. The number of ether oxygens (including phenoxy) is 2. The zero-order valence-electron chi connectivity index (χ0n) is 13.5. The summed E-state index contributed by atoms with van der Waals surface area (Å²) in [5.41, 5.74) is 0.624. The highest BCUT2D eigenvalue weighted by Gasteiger charge is 2.32. The Morgan fingerprint density at radius 2 is 2.18 bits per heavy atom. The van der Waals surface area contributed by atoms with Crippen molar-refractivity contribution in [1.29, 1.82) is 0 Å². The highest BCUT2D eigenvalue weighted by molar-refractivity contribution is 5.77. The third-order valence-corrected chi connectivity index (χ3v) is 3.90. The van der Waals surface area contributed by atoms with Gasteiger partial charge in [0.1, 0.15) is 12.4 Å². The lowest BCUT2D eigenvalue weighted by molar-refractivity contribution is -0.137. The topological polar surface area (TPSA) is 59.0 Å². The first-order chi connectivity index (χ1) is 10.5. The minimum Gasteiger partial charge on any atom is -0.491 e. The maximum Gasteiger partial charge on any atom is 0.223 e. The number of methoxy groups -OCH3 is 1. The van der Waals surface area contributed by atoms with Crippen molar-refractivity contribution in [3.63, 3.8) is 0 Å². The van der Waals surface area contributed by atoms with Crippen LogP contribution in [0.5, 0.6) is 5.75 Å². The summed E-state index contributed by atoms with van der Waals surface area (Å²) in [6.07, 6.45) is 0.375. The number of aliphatic hydroxyl groups excluding tert-OH is 1. The number of nitrogens with zero attached hydrogens (tertiary/aromatic N) is 1. The lowest BCUT2D eigenvalue weighted by atomic mass is 9.89. The summed E-state index contributed by atoms with van der Waals surface area (Å²) in [6.45, 7) is 5.32. The van der Waals surface area contributed by atoms with Gasteiger partial charge in [0.2, 0.25) is 5.91 Å². The van der Waals surface area contributed by atoms with Gasteiger partial charge >= 0.3 is 0 Å². The SMILES string of the molecule is COCC(C)(C)CC(=O)N1CCOc2ccccc2C1CO. The second-order valence-corrected chi connectivity index (χ2v) is 6.45. The van der Waals surface area contributed by atoms with Crippen LogP contribution < -0.4 is 4.74 Å². The van der Waals surface area contributed by atoms with Crippen LogP contribution in [0.4, 0.5) is 0 Å². The lowest BCUT2D eigenvalue weighted by Gasteiger charge is -2.32. The van der Waals surface area contributed by atoms with Crippen LogP contribution in [0.1, 0.15) is 31.9 Å². The van der Waals surface area contributed by atoms with Crippen LogP contribution in [0.3, 0.4) is 0 Å². The Morgan fingerprint density at radius 1 is 1.45 bits per heavy atom. The molecular formula is C17H25NO4. The lowest BCUT2D eigenvalue weighted by Crippen LogP contribution is -2.40. The molecule has 0 aliphatic carbocycles. The Bertz CT molecular complexity index is 515. The molecule has 0 spiro atoms. The van der Waals surface area contributed by atoms with Gasteiger partial charge in [0.25, 0.3) is 0 Å². The Morgan fingerprint density at radius 3 is 2.86 bits per heavy atom. The second-order valence-electron chi connectivity index (χ2n) is 6.45. The highest BCUT2D eigenvalue weighted by Crippen LogP contribution is 2.33. The second kappa shape index (κ2) is 7.11. The molecule has 122 valence electrons. The van der Waals surface area contributed by atoms with E-state index >= 15 is 0 Å². The third-order valence-electron chi connectivity index (χ3n) is 3.90. The molecule has 1 heterocycles. The van der Waals surface area contributed by atoms with E-state index in [9.17, 15) is 9.90 Å². The summed E-state index contributed by atoms with van der Waals surface area (Å²) in [5.74, 6) is 0.759. The molecule has 1 amide bonds. The minimum atomic E-state index is -0.357. The molecule has 1 unspecified atom stereocenters. The molecule has 1 aromatic carbocycles. The first-order valence-electron chi connectivity index (χ1n) is 7.59. The van der Waals surface area contributed by atoms with E-state index in [4.69, 9.17) is 9.47 Å². The summed E-state index contributed by atoms with van der Waals surface area (Å²) < 4.78 is 10.9. The number of carbonyl (C=O) groups excluding carboxylic acids is 1. The number of aliphatic hydroxyl groups is 1. The molecule has 0 saturated carbocycles. The average Bonchev–Trinajstić information content (AvgIpc) is 2.65. The summed E-state index contributed by atoms with van der Waals surface area (Å²) >= 11 is 0. The van der Waals surface area contributed by atoms with Gasteiger partial charge < -0.3 is 19.5 Å². The summed E-state index contributed by atoms with van der Waals surface area (Å²) in [6, 6.07) is 7.22. The van der Waals surface area contributed by atoms with Gasteiger partial charge in [0, 0.05) is 19.1 Å². The van der Waals surface area contributed by atoms with Crippen LogP contribution in [0, 0.1) is 5.41 Å². The number of amides is 1. The molecule has 0 radical (unpaired) electrons. The maximum absolute atomic E-state index is 12.7. The van der Waals surface area contributed by atoms with Gasteiger partial charge in [-0.3, -0.25) is 4.79 Å². The van der Waals surface area contributed by atoms with Crippen LogP contribution in [-0.2, 0) is 9.53 Å². The van der Waals surface area contributed by atoms with Crippen molar-refractivity contribution in [2.45, 2.75) is 26.3 Å². The Labute approximate surface area is 131 Å². The molecular weight excluding hydrogens is 282 g/mol. The summed E-state index contributed by atoms with van der Waals surface area (Å²) in [7, 11) is 1.64. The number of hydrogen-bond donors (Lipinski definition) is 1. The van der Waals surface area contributed by atoms with E-state index in [1.54, 1.807) is 12.0 Å². The molecule has 2 rings (SSSR count). The molecule has 5 heteroatoms. The van der Waals surface area contributed by atoms with Crippen molar-refractivity contribution in [1.82, 2.24) is 4.90 Å². The van der Waals surface area contributed by atoms with E-state index in [-0.39, 0.29) is 24.0 Å². The molecule has 0 aromatic heterocycles. The van der Waals surface area contributed by atoms with E-state index in [1.807, 2.05) is 38.1 Å². The van der Waals surface area contributed by atoms with Gasteiger partial charge in [0.05, 0.1) is 25.8 Å². The van der Waals surface area contributed by atoms with Crippen molar-refractivity contribution < 1.29 is 19.4 Å². The molecule has 22 heavy (non-hydrogen) atoms. The van der Waals surface area contributed by atoms with E-state index in [2.05, 4.69) is 0 Å². The summed E-state index contributed by atoms with van der Waals surface area (Å²) in [4.78, 5) is 14.4. The monoisotopic (exact) mass is 307 g/mol. The molecule has 0 saturated heterocycles. The molecule has 1 aromatic rings. The Kier molecular flexibility index (Phi) is 5.42. The van der Waals surface area contributed by atoms with Crippen molar-refractivity contribution in [2.75, 3.05) is 33.5 Å². The van der Waals surface area contributed by atoms with E-state index in [0.717, 1.165) is 11.3 Å². The molecule has 5 nitrogen and oxygen atoms in total. The van der Waals surface area contributed by atoms with E-state index < -0.39 is 0 Å². The van der Waals surface area contributed by atoms with Crippen LogP contribution in [0.2, 0.25) is 0 Å². The Balaban J connectivity index is 2.21. The quantitative estimate of drug-likeness (QED) is 0.904. The largest absolute Gasteiger partial charge is 0.491 e. The first kappa shape index (κ1) is 16.8. The number of hydrogen-bond acceptors (Lipinski definition) is 4. The first-order valence-corrected chi connectivity index (χ1v) is 7.59. The number of para-hydroxylation sites is 1. The van der Waals surface area contributed by atoms with Crippen molar-refractivity contribution >= 4 is 5.91 Å². The Hall–Kier alpha value is -1.59. The molecule has 0 bridgehead atoms. The normalized spacial score (nSPS) is 18.4. The molecule has 1 aliphatic heterocycles. The fraction of sp³-hybridized carbons (Fsp3) is 0.588. The molecule has 1 atom stereocenters. The van der Waals surface area contributed by atoms with Crippen LogP contribution in [-0.4, -0.2) is 49.4 Å². The van der Waals surface area contributed by atoms with Gasteiger partial charge in [-0.25, -0.2) is 0 Å². The van der Waals surface area contributed by atoms with Crippen LogP contribution >= 0.6 is 0 Å². The van der Waals surface area contributed by atoms with Crippen molar-refractivity contribution in [2.24, 2.45) is 5.41 Å². The van der Waals surface area contributed by atoms with Crippen molar-refractivity contribution in [3.05, 3.63) is 29.8 Å². The predicted octanol–water partition coefficient (Wildman–Crippen LogP) is 2.00. The van der Waals surface area contributed by atoms with Gasteiger partial charge in [-0.2, -0.15) is 0 Å². The molecule has 0 fully saturated rings. The fourth-order valence-electron chi connectivity index (χ4n) is 2.91. The van der Waals surface area contributed by atoms with Crippen molar-refractivity contribution in [3.8, 4) is 5.75 Å². The number of fused-ring (bicyclic) bond motifs is 1. The van der Waals surface area contributed by atoms with E-state index in [1.165, 1.54) is 0 Å².